The third kappa shape index (κ3) is 3.15. The molecule has 3 heteroatoms. The van der Waals surface area contributed by atoms with Gasteiger partial charge in [-0.25, -0.2) is 0 Å². The van der Waals surface area contributed by atoms with E-state index < -0.39 is 0 Å². The van der Waals surface area contributed by atoms with Crippen LogP contribution in [0.2, 0.25) is 0 Å². The molecule has 1 aromatic rings. The molecule has 1 aromatic heterocycles. The van der Waals surface area contributed by atoms with Gasteiger partial charge in [0, 0.05) is 18.2 Å². The fraction of sp³-hybridized carbons (Fsp3) is 0.733. The van der Waals surface area contributed by atoms with Crippen molar-refractivity contribution in [1.82, 2.24) is 4.90 Å². The lowest BCUT2D eigenvalue weighted by molar-refractivity contribution is 0.145. The highest BCUT2D eigenvalue weighted by Crippen LogP contribution is 2.25. The van der Waals surface area contributed by atoms with Crippen molar-refractivity contribution in [1.29, 1.82) is 0 Å². The molecule has 102 valence electrons. The molecule has 2 N–H and O–H groups in total. The predicted octanol–water partition coefficient (Wildman–Crippen LogP) is 3.20. The molecule has 0 spiro atoms. The van der Waals surface area contributed by atoms with Gasteiger partial charge in [-0.05, 0) is 32.4 Å². The molecule has 0 aliphatic heterocycles. The van der Waals surface area contributed by atoms with E-state index in [1.807, 2.05) is 6.92 Å². The number of rotatable bonds is 5. The summed E-state index contributed by atoms with van der Waals surface area (Å²) in [5, 5.41) is 0. The quantitative estimate of drug-likeness (QED) is 0.872. The van der Waals surface area contributed by atoms with Crippen LogP contribution in [0.5, 0.6) is 0 Å². The Labute approximate surface area is 110 Å². The van der Waals surface area contributed by atoms with E-state index in [0.717, 1.165) is 36.2 Å². The first-order chi connectivity index (χ1) is 8.74. The van der Waals surface area contributed by atoms with Crippen molar-refractivity contribution >= 4 is 0 Å². The summed E-state index contributed by atoms with van der Waals surface area (Å²) in [4.78, 5) is 2.55. The Morgan fingerprint density at radius 2 is 2.06 bits per heavy atom. The molecular weight excluding hydrogens is 224 g/mol. The second kappa shape index (κ2) is 6.39. The zero-order valence-corrected chi connectivity index (χ0v) is 11.7. The van der Waals surface area contributed by atoms with Crippen LogP contribution >= 0.6 is 0 Å². The monoisotopic (exact) mass is 250 g/mol. The number of nitrogens with two attached hydrogens (primary N) is 1. The molecule has 1 fully saturated rings. The zero-order valence-electron chi connectivity index (χ0n) is 11.7. The Hall–Kier alpha value is -0.800. The summed E-state index contributed by atoms with van der Waals surface area (Å²) in [6.07, 6.45) is 6.86. The molecule has 0 unspecified atom stereocenters. The number of hydrogen-bond acceptors (Lipinski definition) is 3. The van der Waals surface area contributed by atoms with Crippen molar-refractivity contribution < 1.29 is 4.42 Å². The maximum atomic E-state index is 5.81. The first kappa shape index (κ1) is 13.6. The summed E-state index contributed by atoms with van der Waals surface area (Å²) in [7, 11) is 0. The Balaban J connectivity index is 2.00. The number of furan rings is 1. The SMILES string of the molecule is CCN(Cc1cc(CN)c(C)o1)C1CCCCC1. The van der Waals surface area contributed by atoms with Crippen molar-refractivity contribution in [2.75, 3.05) is 6.54 Å². The molecule has 18 heavy (non-hydrogen) atoms. The van der Waals surface area contributed by atoms with Gasteiger partial charge in [-0.3, -0.25) is 4.90 Å². The minimum absolute atomic E-state index is 0.574. The molecule has 1 saturated carbocycles. The van der Waals surface area contributed by atoms with Gasteiger partial charge < -0.3 is 10.2 Å². The molecule has 0 saturated heterocycles. The Kier molecular flexibility index (Phi) is 4.84. The van der Waals surface area contributed by atoms with Crippen LogP contribution in [-0.2, 0) is 13.1 Å². The maximum Gasteiger partial charge on any atom is 0.118 e. The molecule has 0 atom stereocenters. The van der Waals surface area contributed by atoms with E-state index in [-0.39, 0.29) is 0 Å². The second-order valence-corrected chi connectivity index (χ2v) is 5.35. The van der Waals surface area contributed by atoms with Crippen molar-refractivity contribution in [2.24, 2.45) is 5.73 Å². The molecule has 1 aliphatic rings. The first-order valence-electron chi connectivity index (χ1n) is 7.27. The summed E-state index contributed by atoms with van der Waals surface area (Å²) in [6, 6.07) is 2.87. The van der Waals surface area contributed by atoms with Gasteiger partial charge in [0.25, 0.3) is 0 Å². The number of nitrogens with zero attached hydrogens (tertiary/aromatic N) is 1. The highest BCUT2D eigenvalue weighted by atomic mass is 16.3. The molecule has 0 amide bonds. The molecule has 3 nitrogen and oxygen atoms in total. The van der Waals surface area contributed by atoms with E-state index in [9.17, 15) is 0 Å². The van der Waals surface area contributed by atoms with E-state index in [2.05, 4.69) is 17.9 Å². The van der Waals surface area contributed by atoms with Gasteiger partial charge >= 0.3 is 0 Å². The highest BCUT2D eigenvalue weighted by molar-refractivity contribution is 5.20. The van der Waals surface area contributed by atoms with Crippen molar-refractivity contribution in [3.05, 3.63) is 23.2 Å². The lowest BCUT2D eigenvalue weighted by Gasteiger charge is -2.32. The normalized spacial score (nSPS) is 17.6. The molecule has 0 aromatic carbocycles. The second-order valence-electron chi connectivity index (χ2n) is 5.35. The van der Waals surface area contributed by atoms with Gasteiger partial charge in [0.15, 0.2) is 0 Å². The third-order valence-electron chi connectivity index (χ3n) is 4.15. The number of aryl methyl sites for hydroxylation is 1. The zero-order chi connectivity index (χ0) is 13.0. The smallest absolute Gasteiger partial charge is 0.118 e. The Morgan fingerprint density at radius 1 is 1.33 bits per heavy atom. The van der Waals surface area contributed by atoms with Crippen LogP contribution in [-0.4, -0.2) is 17.5 Å². The lowest BCUT2D eigenvalue weighted by atomic mass is 9.94. The molecular formula is C15H26N2O. The molecule has 1 heterocycles. The molecule has 2 rings (SSSR count). The van der Waals surface area contributed by atoms with Crippen LogP contribution in [0.3, 0.4) is 0 Å². The summed E-state index contributed by atoms with van der Waals surface area (Å²) in [5.74, 6) is 2.05. The van der Waals surface area contributed by atoms with Gasteiger partial charge in [0.1, 0.15) is 11.5 Å². The minimum atomic E-state index is 0.574. The van der Waals surface area contributed by atoms with Crippen molar-refractivity contribution in [3.8, 4) is 0 Å². The average molecular weight is 250 g/mol. The van der Waals surface area contributed by atoms with Crippen LogP contribution < -0.4 is 5.73 Å². The average Bonchev–Trinajstić information content (AvgIpc) is 2.77. The molecule has 0 radical (unpaired) electrons. The van der Waals surface area contributed by atoms with Crippen LogP contribution in [0.4, 0.5) is 0 Å². The maximum absolute atomic E-state index is 5.81. The summed E-state index contributed by atoms with van der Waals surface area (Å²) in [6.45, 7) is 6.85. The van der Waals surface area contributed by atoms with E-state index in [1.165, 1.54) is 32.1 Å². The van der Waals surface area contributed by atoms with E-state index in [4.69, 9.17) is 10.2 Å². The van der Waals surface area contributed by atoms with Crippen LogP contribution in [0.1, 0.15) is 56.1 Å². The van der Waals surface area contributed by atoms with Crippen molar-refractivity contribution in [2.45, 2.75) is 65.1 Å². The summed E-state index contributed by atoms with van der Waals surface area (Å²) >= 11 is 0. The lowest BCUT2D eigenvalue weighted by Crippen LogP contribution is -2.35. The van der Waals surface area contributed by atoms with Gasteiger partial charge in [0.05, 0.1) is 6.54 Å². The van der Waals surface area contributed by atoms with Crippen LogP contribution in [0, 0.1) is 6.92 Å². The van der Waals surface area contributed by atoms with Crippen molar-refractivity contribution in [3.63, 3.8) is 0 Å². The van der Waals surface area contributed by atoms with Gasteiger partial charge in [-0.1, -0.05) is 26.2 Å². The summed E-state index contributed by atoms with van der Waals surface area (Å²) < 4.78 is 5.81. The Bertz CT molecular complexity index is 367. The molecule has 1 aliphatic carbocycles. The van der Waals surface area contributed by atoms with E-state index >= 15 is 0 Å². The fourth-order valence-electron chi connectivity index (χ4n) is 3.01. The van der Waals surface area contributed by atoms with Gasteiger partial charge in [-0.2, -0.15) is 0 Å². The third-order valence-corrected chi connectivity index (χ3v) is 4.15. The molecule has 0 bridgehead atoms. The first-order valence-corrected chi connectivity index (χ1v) is 7.27. The van der Waals surface area contributed by atoms with Gasteiger partial charge in [0.2, 0.25) is 0 Å². The van der Waals surface area contributed by atoms with Crippen LogP contribution in [0.25, 0.3) is 0 Å². The minimum Gasteiger partial charge on any atom is -0.465 e. The van der Waals surface area contributed by atoms with E-state index in [1.54, 1.807) is 0 Å². The van der Waals surface area contributed by atoms with Crippen LogP contribution in [0.15, 0.2) is 10.5 Å². The predicted molar refractivity (Wildman–Crippen MR) is 74.3 cm³/mol. The standard InChI is InChI=1S/C15H26N2O/c1-3-17(14-7-5-4-6-8-14)11-15-9-13(10-16)12(2)18-15/h9,14H,3-8,10-11,16H2,1-2H3. The largest absolute Gasteiger partial charge is 0.465 e. The Morgan fingerprint density at radius 3 is 2.61 bits per heavy atom. The highest BCUT2D eigenvalue weighted by Gasteiger charge is 2.21. The fourth-order valence-corrected chi connectivity index (χ4v) is 3.01. The van der Waals surface area contributed by atoms with Gasteiger partial charge in [-0.15, -0.1) is 0 Å². The summed E-state index contributed by atoms with van der Waals surface area (Å²) in [5.41, 5.74) is 6.84. The topological polar surface area (TPSA) is 42.4 Å². The number of hydrogen-bond donors (Lipinski definition) is 1. The van der Waals surface area contributed by atoms with E-state index in [0.29, 0.717) is 6.54 Å².